The van der Waals surface area contributed by atoms with E-state index in [9.17, 15) is 61.3 Å². The van der Waals surface area contributed by atoms with Crippen molar-refractivity contribution in [3.8, 4) is 11.5 Å². The molecular weight excluding hydrogens is 672 g/mol. The molecule has 14 atom stereocenters. The maximum absolute atomic E-state index is 10.4. The highest BCUT2D eigenvalue weighted by molar-refractivity contribution is 5.36. The van der Waals surface area contributed by atoms with Gasteiger partial charge in [0.05, 0.1) is 40.6 Å². The van der Waals surface area contributed by atoms with Crippen LogP contribution in [-0.4, -0.2) is 176 Å². The Labute approximate surface area is 287 Å². The molecule has 12 N–H and O–H groups in total. The number of ether oxygens (including phenoxy) is 6. The Balaban J connectivity index is 0.000000270. The molecule has 2 aromatic rings. The normalized spacial score (nSPS) is 32.2. The van der Waals surface area contributed by atoms with Gasteiger partial charge >= 0.3 is 0 Å². The van der Waals surface area contributed by atoms with Gasteiger partial charge in [-0.2, -0.15) is 0 Å². The summed E-state index contributed by atoms with van der Waals surface area (Å²) in [6.45, 7) is -1.77. The first-order valence-corrected chi connectivity index (χ1v) is 15.6. The van der Waals surface area contributed by atoms with Crippen LogP contribution in [0.15, 0.2) is 48.5 Å². The van der Waals surface area contributed by atoms with E-state index < -0.39 is 99.0 Å². The van der Waals surface area contributed by atoms with Gasteiger partial charge in [0.15, 0.2) is 12.6 Å². The summed E-state index contributed by atoms with van der Waals surface area (Å²) in [6, 6.07) is 13.4. The molecule has 0 spiro atoms. The standard InChI is InChI=1S/2C16H24O9/c1-23-10-5-3-2-4-8(10)15(9(18)6-17)24-7-11-12(19)13(20)14(21)16(22)25-11;1-23-9-5-3-2-4-8(9)12(18)10(6-17)24-7-11-13(19)14(20)15(21)16(22)25-11/h2-5,9,11-22H,6-7H2,1H3;2-5,10-22H,6-7H2,1H3/t9?,11?,12-,13-,14?,15?,16+;10?,11?,12?,13-,14-,15?,16+/m11/s1. The lowest BCUT2D eigenvalue weighted by atomic mass is 9.99. The highest BCUT2D eigenvalue weighted by Gasteiger charge is 2.44. The SMILES string of the molecule is COc1ccccc1C(O)C(CO)OCC1O[C@H](O)C(O)[C@H](O)[C@@H]1O.COc1ccccc1C(OCC1O[C@H](O)C(O)[C@H](O)[C@@H]1O)C(O)CO. The van der Waals surface area contributed by atoms with E-state index in [1.165, 1.54) is 14.2 Å². The highest BCUT2D eigenvalue weighted by atomic mass is 16.7. The second-order valence-electron chi connectivity index (χ2n) is 11.6. The van der Waals surface area contributed by atoms with E-state index in [0.717, 1.165) is 0 Å². The molecule has 18 heteroatoms. The molecule has 8 unspecified atom stereocenters. The molecule has 4 rings (SSSR count). The molecule has 2 aromatic carbocycles. The Bertz CT molecular complexity index is 1270. The molecule has 2 saturated heterocycles. The number of para-hydroxylation sites is 2. The molecule has 2 aliphatic heterocycles. The minimum atomic E-state index is -1.68. The Morgan fingerprint density at radius 1 is 0.580 bits per heavy atom. The van der Waals surface area contributed by atoms with Crippen LogP contribution in [0.1, 0.15) is 23.3 Å². The third-order valence-corrected chi connectivity index (χ3v) is 8.26. The summed E-state index contributed by atoms with van der Waals surface area (Å²) in [6.07, 6.45) is -19.7. The smallest absolute Gasteiger partial charge is 0.184 e. The van der Waals surface area contributed by atoms with E-state index in [4.69, 9.17) is 28.4 Å². The largest absolute Gasteiger partial charge is 0.496 e. The quantitative estimate of drug-likeness (QED) is 0.0881. The molecule has 0 bridgehead atoms. The van der Waals surface area contributed by atoms with Crippen LogP contribution in [0.5, 0.6) is 11.5 Å². The van der Waals surface area contributed by atoms with Crippen molar-refractivity contribution in [2.45, 2.75) is 85.8 Å². The van der Waals surface area contributed by atoms with Crippen molar-refractivity contribution in [2.24, 2.45) is 0 Å². The van der Waals surface area contributed by atoms with Gasteiger partial charge in [-0.1, -0.05) is 36.4 Å². The highest BCUT2D eigenvalue weighted by Crippen LogP contribution is 2.32. The third-order valence-electron chi connectivity index (χ3n) is 8.26. The van der Waals surface area contributed by atoms with Crippen LogP contribution < -0.4 is 9.47 Å². The first-order valence-electron chi connectivity index (χ1n) is 15.6. The second-order valence-corrected chi connectivity index (χ2v) is 11.6. The van der Waals surface area contributed by atoms with Crippen molar-refractivity contribution in [1.29, 1.82) is 0 Å². The maximum atomic E-state index is 10.4. The van der Waals surface area contributed by atoms with Crippen molar-refractivity contribution < 1.29 is 89.7 Å². The van der Waals surface area contributed by atoms with Gasteiger partial charge in [0.2, 0.25) is 0 Å². The van der Waals surface area contributed by atoms with Gasteiger partial charge in [0.1, 0.15) is 84.7 Å². The van der Waals surface area contributed by atoms with Gasteiger partial charge in [-0.3, -0.25) is 0 Å². The number of hydrogen-bond donors (Lipinski definition) is 12. The average Bonchev–Trinajstić information content (AvgIpc) is 3.14. The van der Waals surface area contributed by atoms with Crippen LogP contribution in [0, 0.1) is 0 Å². The molecule has 0 aromatic heterocycles. The molecular formula is C32H48O18. The predicted octanol–water partition coefficient (Wildman–Crippen LogP) is -4.19. The van der Waals surface area contributed by atoms with Crippen LogP contribution in [0.4, 0.5) is 0 Å². The van der Waals surface area contributed by atoms with Gasteiger partial charge < -0.3 is 89.7 Å². The van der Waals surface area contributed by atoms with Crippen molar-refractivity contribution in [1.82, 2.24) is 0 Å². The predicted molar refractivity (Wildman–Crippen MR) is 167 cm³/mol. The zero-order valence-corrected chi connectivity index (χ0v) is 27.3. The molecule has 0 aliphatic carbocycles. The maximum Gasteiger partial charge on any atom is 0.184 e. The lowest BCUT2D eigenvalue weighted by Gasteiger charge is -2.38. The van der Waals surface area contributed by atoms with E-state index in [1.54, 1.807) is 48.5 Å². The lowest BCUT2D eigenvalue weighted by Crippen LogP contribution is -2.58. The first kappa shape index (κ1) is 41.8. The van der Waals surface area contributed by atoms with Gasteiger partial charge in [-0.25, -0.2) is 0 Å². The van der Waals surface area contributed by atoms with Gasteiger partial charge in [0.25, 0.3) is 0 Å². The molecule has 284 valence electrons. The number of methoxy groups -OCH3 is 2. The van der Waals surface area contributed by atoms with Crippen molar-refractivity contribution in [3.05, 3.63) is 59.7 Å². The van der Waals surface area contributed by atoms with Crippen LogP contribution in [0.25, 0.3) is 0 Å². The number of rotatable bonds is 14. The fourth-order valence-corrected chi connectivity index (χ4v) is 5.31. The molecule has 0 radical (unpaired) electrons. The van der Waals surface area contributed by atoms with Gasteiger partial charge in [-0.05, 0) is 12.1 Å². The summed E-state index contributed by atoms with van der Waals surface area (Å²) < 4.78 is 31.4. The van der Waals surface area contributed by atoms with Crippen LogP contribution >= 0.6 is 0 Å². The van der Waals surface area contributed by atoms with E-state index in [-0.39, 0.29) is 13.2 Å². The molecule has 0 saturated carbocycles. The fraction of sp³-hybridized carbons (Fsp3) is 0.625. The topological polar surface area (TPSA) is 298 Å². The van der Waals surface area contributed by atoms with Crippen molar-refractivity contribution in [2.75, 3.05) is 40.6 Å². The molecule has 2 fully saturated rings. The number of aliphatic hydroxyl groups excluding tert-OH is 12. The Morgan fingerprint density at radius 2 is 1.02 bits per heavy atom. The van der Waals surface area contributed by atoms with Crippen LogP contribution in [-0.2, 0) is 18.9 Å². The minimum Gasteiger partial charge on any atom is -0.496 e. The zero-order valence-electron chi connectivity index (χ0n) is 27.3. The number of hydrogen-bond acceptors (Lipinski definition) is 18. The molecule has 2 heterocycles. The summed E-state index contributed by atoms with van der Waals surface area (Å²) in [7, 11) is 2.89. The van der Waals surface area contributed by atoms with Gasteiger partial charge in [-0.15, -0.1) is 0 Å². The minimum absolute atomic E-state index is 0.318. The lowest BCUT2D eigenvalue weighted by molar-refractivity contribution is -0.292. The summed E-state index contributed by atoms with van der Waals surface area (Å²) in [5.74, 6) is 0.848. The average molecular weight is 721 g/mol. The van der Waals surface area contributed by atoms with Crippen molar-refractivity contribution >= 4 is 0 Å². The number of aliphatic hydroxyl groups is 12. The summed E-state index contributed by atoms with van der Waals surface area (Å²) in [5.41, 5.74) is 0.877. The third kappa shape index (κ3) is 10.3. The van der Waals surface area contributed by atoms with Gasteiger partial charge in [0, 0.05) is 11.1 Å². The fourth-order valence-electron chi connectivity index (χ4n) is 5.31. The molecule has 50 heavy (non-hydrogen) atoms. The Kier molecular flexibility index (Phi) is 16.6. The monoisotopic (exact) mass is 720 g/mol. The van der Waals surface area contributed by atoms with E-state index in [1.807, 2.05) is 0 Å². The van der Waals surface area contributed by atoms with E-state index in [0.29, 0.717) is 22.6 Å². The second kappa shape index (κ2) is 19.9. The molecule has 2 aliphatic rings. The summed E-state index contributed by atoms with van der Waals surface area (Å²) >= 11 is 0. The van der Waals surface area contributed by atoms with Crippen molar-refractivity contribution in [3.63, 3.8) is 0 Å². The zero-order chi connectivity index (χ0) is 37.1. The van der Waals surface area contributed by atoms with E-state index in [2.05, 4.69) is 0 Å². The summed E-state index contributed by atoms with van der Waals surface area (Å²) in [5, 5.41) is 116. The molecule has 18 nitrogen and oxygen atoms in total. The molecule has 0 amide bonds. The Hall–Kier alpha value is -2.60. The van der Waals surface area contributed by atoms with E-state index >= 15 is 0 Å². The first-order chi connectivity index (χ1) is 23.8. The van der Waals surface area contributed by atoms with Crippen LogP contribution in [0.2, 0.25) is 0 Å². The van der Waals surface area contributed by atoms with Crippen LogP contribution in [0.3, 0.4) is 0 Å². The Morgan fingerprint density at radius 3 is 1.48 bits per heavy atom. The number of benzene rings is 2. The summed E-state index contributed by atoms with van der Waals surface area (Å²) in [4.78, 5) is 0.